The summed E-state index contributed by atoms with van der Waals surface area (Å²) in [7, 11) is 3.23. The molecule has 2 aromatic carbocycles. The van der Waals surface area contributed by atoms with Gasteiger partial charge in [-0.3, -0.25) is 4.79 Å². The van der Waals surface area contributed by atoms with Gasteiger partial charge in [0.2, 0.25) is 5.91 Å². The second-order valence-electron chi connectivity index (χ2n) is 5.23. The third-order valence-corrected chi connectivity index (χ3v) is 3.45. The largest absolute Gasteiger partial charge is 0.496 e. The number of ether oxygens (including phenoxy) is 2. The molecule has 1 amide bonds. The zero-order chi connectivity index (χ0) is 16.1. The fourth-order valence-corrected chi connectivity index (χ4v) is 2.35. The van der Waals surface area contributed by atoms with Crippen LogP contribution < -0.4 is 14.8 Å². The molecule has 2 rings (SSSR count). The zero-order valence-corrected chi connectivity index (χ0v) is 13.4. The van der Waals surface area contributed by atoms with E-state index in [0.717, 1.165) is 22.4 Å². The van der Waals surface area contributed by atoms with Gasteiger partial charge in [-0.25, -0.2) is 0 Å². The van der Waals surface area contributed by atoms with Crippen LogP contribution in [0.25, 0.3) is 0 Å². The summed E-state index contributed by atoms with van der Waals surface area (Å²) in [5, 5.41) is 2.90. The maximum atomic E-state index is 12.2. The lowest BCUT2D eigenvalue weighted by atomic mass is 10.1. The van der Waals surface area contributed by atoms with Crippen molar-refractivity contribution >= 4 is 11.6 Å². The Morgan fingerprint density at radius 3 is 2.32 bits per heavy atom. The Morgan fingerprint density at radius 2 is 1.68 bits per heavy atom. The van der Waals surface area contributed by atoms with E-state index >= 15 is 0 Å². The number of rotatable bonds is 5. The Labute approximate surface area is 131 Å². The van der Waals surface area contributed by atoms with Crippen LogP contribution in [0.3, 0.4) is 0 Å². The van der Waals surface area contributed by atoms with Crippen LogP contribution >= 0.6 is 0 Å². The Balaban J connectivity index is 2.10. The van der Waals surface area contributed by atoms with Gasteiger partial charge in [-0.1, -0.05) is 18.2 Å². The molecule has 0 atom stereocenters. The highest BCUT2D eigenvalue weighted by atomic mass is 16.5. The number of anilines is 1. The van der Waals surface area contributed by atoms with Crippen molar-refractivity contribution in [3.05, 3.63) is 53.1 Å². The number of carbonyl (C=O) groups excluding carboxylic acids is 1. The predicted molar refractivity (Wildman–Crippen MR) is 87.8 cm³/mol. The van der Waals surface area contributed by atoms with E-state index in [1.807, 2.05) is 50.2 Å². The molecule has 2 aromatic rings. The third kappa shape index (κ3) is 3.79. The average Bonchev–Trinajstić information content (AvgIpc) is 2.47. The minimum atomic E-state index is -0.0755. The third-order valence-electron chi connectivity index (χ3n) is 3.45. The highest BCUT2D eigenvalue weighted by Gasteiger charge is 2.09. The van der Waals surface area contributed by atoms with E-state index < -0.39 is 0 Å². The molecule has 0 aliphatic heterocycles. The lowest BCUT2D eigenvalue weighted by Crippen LogP contribution is -2.15. The molecule has 4 heteroatoms. The molecular weight excluding hydrogens is 278 g/mol. The normalized spacial score (nSPS) is 10.2. The maximum Gasteiger partial charge on any atom is 0.228 e. The van der Waals surface area contributed by atoms with Gasteiger partial charge >= 0.3 is 0 Å². The second kappa shape index (κ2) is 6.98. The lowest BCUT2D eigenvalue weighted by molar-refractivity contribution is -0.115. The average molecular weight is 299 g/mol. The maximum absolute atomic E-state index is 12.2. The first kappa shape index (κ1) is 15.9. The first-order chi connectivity index (χ1) is 10.5. The smallest absolute Gasteiger partial charge is 0.228 e. The fraction of sp³-hybridized carbons (Fsp3) is 0.278. The Kier molecular flexibility index (Phi) is 5.04. The molecule has 0 bridgehead atoms. The molecule has 0 saturated heterocycles. The number of nitrogens with one attached hydrogen (secondary N) is 1. The van der Waals surface area contributed by atoms with Gasteiger partial charge < -0.3 is 14.8 Å². The number of amides is 1. The van der Waals surface area contributed by atoms with Crippen molar-refractivity contribution in [2.75, 3.05) is 19.5 Å². The lowest BCUT2D eigenvalue weighted by Gasteiger charge is -2.12. The van der Waals surface area contributed by atoms with Crippen LogP contribution in [0.4, 0.5) is 5.69 Å². The molecule has 0 saturated carbocycles. The highest BCUT2D eigenvalue weighted by Crippen LogP contribution is 2.25. The van der Waals surface area contributed by atoms with Gasteiger partial charge in [-0.2, -0.15) is 0 Å². The van der Waals surface area contributed by atoms with Crippen molar-refractivity contribution in [3.8, 4) is 11.5 Å². The van der Waals surface area contributed by atoms with Gasteiger partial charge in [0, 0.05) is 0 Å². The Bertz CT molecular complexity index is 680. The number of hydrogen-bond acceptors (Lipinski definition) is 3. The summed E-state index contributed by atoms with van der Waals surface area (Å²) in [5.41, 5.74) is 3.72. The van der Waals surface area contributed by atoms with Gasteiger partial charge in [-0.05, 0) is 48.7 Å². The van der Waals surface area contributed by atoms with Gasteiger partial charge in [-0.15, -0.1) is 0 Å². The topological polar surface area (TPSA) is 47.6 Å². The van der Waals surface area contributed by atoms with Crippen LogP contribution in [0, 0.1) is 13.8 Å². The van der Waals surface area contributed by atoms with Crippen LogP contribution in [0.1, 0.15) is 16.7 Å². The van der Waals surface area contributed by atoms with Gasteiger partial charge in [0.25, 0.3) is 0 Å². The van der Waals surface area contributed by atoms with Gasteiger partial charge in [0.15, 0.2) is 0 Å². The quantitative estimate of drug-likeness (QED) is 0.919. The van der Waals surface area contributed by atoms with Crippen LogP contribution in [0.5, 0.6) is 11.5 Å². The number of carbonyl (C=O) groups is 1. The molecule has 0 radical (unpaired) electrons. The van der Waals surface area contributed by atoms with Crippen molar-refractivity contribution in [2.24, 2.45) is 0 Å². The van der Waals surface area contributed by atoms with Crippen molar-refractivity contribution in [1.29, 1.82) is 0 Å². The number of benzene rings is 2. The van der Waals surface area contributed by atoms with E-state index in [0.29, 0.717) is 17.9 Å². The van der Waals surface area contributed by atoms with Crippen LogP contribution in [-0.2, 0) is 11.2 Å². The van der Waals surface area contributed by atoms with Crippen molar-refractivity contribution in [1.82, 2.24) is 0 Å². The summed E-state index contributed by atoms with van der Waals surface area (Å²) in [6.45, 7) is 3.94. The molecule has 0 spiro atoms. The molecule has 4 nitrogen and oxygen atoms in total. The molecule has 0 unspecified atom stereocenters. The van der Waals surface area contributed by atoms with Crippen LogP contribution in [0.2, 0.25) is 0 Å². The van der Waals surface area contributed by atoms with E-state index in [-0.39, 0.29) is 5.91 Å². The van der Waals surface area contributed by atoms with E-state index in [1.165, 1.54) is 0 Å². The summed E-state index contributed by atoms with van der Waals surface area (Å²) in [4.78, 5) is 12.2. The number of methoxy groups -OCH3 is 2. The summed E-state index contributed by atoms with van der Waals surface area (Å²) >= 11 is 0. The van der Waals surface area contributed by atoms with Gasteiger partial charge in [0.05, 0.1) is 26.3 Å². The first-order valence-corrected chi connectivity index (χ1v) is 7.11. The van der Waals surface area contributed by atoms with Crippen LogP contribution in [0.15, 0.2) is 36.4 Å². The SMILES string of the molecule is COc1ccc(CC(=O)Nc2cc(C)ccc2OC)cc1C. The fourth-order valence-electron chi connectivity index (χ4n) is 2.35. The molecule has 0 heterocycles. The summed E-state index contributed by atoms with van der Waals surface area (Å²) in [5.74, 6) is 1.41. The second-order valence-corrected chi connectivity index (χ2v) is 5.23. The molecule has 0 aromatic heterocycles. The first-order valence-electron chi connectivity index (χ1n) is 7.11. The number of hydrogen-bond donors (Lipinski definition) is 1. The van der Waals surface area contributed by atoms with E-state index in [4.69, 9.17) is 9.47 Å². The van der Waals surface area contributed by atoms with E-state index in [9.17, 15) is 4.79 Å². The monoisotopic (exact) mass is 299 g/mol. The van der Waals surface area contributed by atoms with E-state index in [2.05, 4.69) is 5.32 Å². The number of aryl methyl sites for hydroxylation is 2. The Hall–Kier alpha value is -2.49. The summed E-state index contributed by atoms with van der Waals surface area (Å²) in [6, 6.07) is 11.4. The predicted octanol–water partition coefficient (Wildman–Crippen LogP) is 3.50. The van der Waals surface area contributed by atoms with Crippen molar-refractivity contribution in [2.45, 2.75) is 20.3 Å². The molecule has 0 aliphatic carbocycles. The summed E-state index contributed by atoms with van der Waals surface area (Å²) in [6.07, 6.45) is 0.307. The molecule has 22 heavy (non-hydrogen) atoms. The van der Waals surface area contributed by atoms with E-state index in [1.54, 1.807) is 14.2 Å². The van der Waals surface area contributed by atoms with Gasteiger partial charge in [0.1, 0.15) is 11.5 Å². The summed E-state index contributed by atoms with van der Waals surface area (Å²) < 4.78 is 10.5. The molecule has 116 valence electrons. The molecule has 0 aliphatic rings. The minimum Gasteiger partial charge on any atom is -0.496 e. The standard InChI is InChI=1S/C18H21NO3/c1-12-5-7-17(22-4)15(9-12)19-18(20)11-14-6-8-16(21-3)13(2)10-14/h5-10H,11H2,1-4H3,(H,19,20). The van der Waals surface area contributed by atoms with Crippen molar-refractivity contribution < 1.29 is 14.3 Å². The van der Waals surface area contributed by atoms with Crippen molar-refractivity contribution in [3.63, 3.8) is 0 Å². The molecule has 1 N–H and O–H groups in total. The molecule has 0 fully saturated rings. The molecular formula is C18H21NO3. The zero-order valence-electron chi connectivity index (χ0n) is 13.4. The minimum absolute atomic E-state index is 0.0755. The van der Waals surface area contributed by atoms with Crippen LogP contribution in [-0.4, -0.2) is 20.1 Å². The Morgan fingerprint density at radius 1 is 1.00 bits per heavy atom. The highest BCUT2D eigenvalue weighted by molar-refractivity contribution is 5.93.